The summed E-state index contributed by atoms with van der Waals surface area (Å²) in [5.74, 6) is -1.93. The predicted molar refractivity (Wildman–Crippen MR) is 118 cm³/mol. The van der Waals surface area contributed by atoms with Crippen molar-refractivity contribution in [1.82, 2.24) is 9.62 Å². The molecular formula is C21H25N3O5S2. The number of benzene rings is 1. The zero-order chi connectivity index (χ0) is 22.4. The molecule has 31 heavy (non-hydrogen) atoms. The Labute approximate surface area is 185 Å². The maximum atomic E-state index is 13.9. The number of ether oxygens (including phenoxy) is 1. The Morgan fingerprint density at radius 3 is 2.68 bits per heavy atom. The molecule has 1 aromatic heterocycles. The van der Waals surface area contributed by atoms with Crippen LogP contribution in [0.25, 0.3) is 0 Å². The van der Waals surface area contributed by atoms with Gasteiger partial charge in [0.05, 0.1) is 12.5 Å². The van der Waals surface area contributed by atoms with Gasteiger partial charge in [-0.3, -0.25) is 9.59 Å². The van der Waals surface area contributed by atoms with E-state index in [2.05, 4.69) is 5.32 Å². The van der Waals surface area contributed by atoms with Gasteiger partial charge in [0.25, 0.3) is 10.0 Å². The smallest absolute Gasteiger partial charge is 0.253 e. The minimum atomic E-state index is -3.99. The van der Waals surface area contributed by atoms with E-state index in [-0.39, 0.29) is 29.1 Å². The summed E-state index contributed by atoms with van der Waals surface area (Å²) in [5, 5.41) is 4.33. The third-order valence-electron chi connectivity index (χ3n) is 6.27. The number of sulfonamides is 1. The van der Waals surface area contributed by atoms with Crippen LogP contribution in [0.15, 0.2) is 46.0 Å². The second-order valence-electron chi connectivity index (χ2n) is 7.82. The van der Waals surface area contributed by atoms with E-state index >= 15 is 0 Å². The van der Waals surface area contributed by atoms with Crippen molar-refractivity contribution in [3.63, 3.8) is 0 Å². The molecule has 166 valence electrons. The Kier molecular flexibility index (Phi) is 5.67. The van der Waals surface area contributed by atoms with Crippen LogP contribution in [-0.2, 0) is 24.3 Å². The van der Waals surface area contributed by atoms with Gasteiger partial charge in [-0.05, 0) is 30.0 Å². The van der Waals surface area contributed by atoms with Gasteiger partial charge in [-0.2, -0.15) is 4.31 Å². The number of rotatable bonds is 6. The number of carbonyl (C=O) groups excluding carboxylic acids is 2. The van der Waals surface area contributed by atoms with Crippen LogP contribution in [0.3, 0.4) is 0 Å². The number of hydrogen-bond donors (Lipinski definition) is 1. The molecule has 2 amide bonds. The molecule has 0 saturated carbocycles. The summed E-state index contributed by atoms with van der Waals surface area (Å²) >= 11 is 1.10. The van der Waals surface area contributed by atoms with E-state index < -0.39 is 27.4 Å². The number of hydrogen-bond acceptors (Lipinski definition) is 6. The topological polar surface area (TPSA) is 96.0 Å². The number of carbonyl (C=O) groups is 2. The highest BCUT2D eigenvalue weighted by atomic mass is 32.2. The summed E-state index contributed by atoms with van der Waals surface area (Å²) < 4.78 is 33.8. The van der Waals surface area contributed by atoms with Gasteiger partial charge in [0.15, 0.2) is 0 Å². The lowest BCUT2D eigenvalue weighted by Gasteiger charge is -2.46. The van der Waals surface area contributed by atoms with E-state index in [4.69, 9.17) is 4.74 Å². The molecular weight excluding hydrogens is 438 g/mol. The number of anilines is 1. The van der Waals surface area contributed by atoms with E-state index in [1.807, 2.05) is 24.3 Å². The first-order valence-electron chi connectivity index (χ1n) is 9.96. The van der Waals surface area contributed by atoms with Crippen molar-refractivity contribution in [2.24, 2.45) is 5.92 Å². The molecule has 1 fully saturated rings. The summed E-state index contributed by atoms with van der Waals surface area (Å²) in [7, 11) is -0.909. The highest BCUT2D eigenvalue weighted by molar-refractivity contribution is 7.91. The number of fused-ring (bicyclic) bond motifs is 3. The van der Waals surface area contributed by atoms with Crippen LogP contribution in [0.1, 0.15) is 18.4 Å². The lowest BCUT2D eigenvalue weighted by molar-refractivity contribution is -0.128. The highest BCUT2D eigenvalue weighted by Gasteiger charge is 2.65. The Morgan fingerprint density at radius 2 is 2.03 bits per heavy atom. The molecule has 1 aromatic carbocycles. The summed E-state index contributed by atoms with van der Waals surface area (Å²) in [4.78, 5) is 28.4. The van der Waals surface area contributed by atoms with E-state index in [0.29, 0.717) is 12.3 Å². The average molecular weight is 464 g/mol. The van der Waals surface area contributed by atoms with Crippen molar-refractivity contribution in [3.8, 4) is 0 Å². The Bertz CT molecular complexity index is 1100. The summed E-state index contributed by atoms with van der Waals surface area (Å²) in [6.45, 7) is 2.16. The maximum absolute atomic E-state index is 13.9. The fourth-order valence-electron chi connectivity index (χ4n) is 4.85. The molecule has 3 heterocycles. The van der Waals surface area contributed by atoms with Gasteiger partial charge in [-0.25, -0.2) is 8.42 Å². The van der Waals surface area contributed by atoms with Gasteiger partial charge in [-0.1, -0.05) is 24.3 Å². The Morgan fingerprint density at radius 1 is 1.29 bits per heavy atom. The van der Waals surface area contributed by atoms with E-state index in [1.54, 1.807) is 30.4 Å². The van der Waals surface area contributed by atoms with Crippen molar-refractivity contribution in [2.45, 2.75) is 22.6 Å². The number of nitrogens with zero attached hydrogens (tertiary/aromatic N) is 2. The minimum absolute atomic E-state index is 0.0702. The summed E-state index contributed by atoms with van der Waals surface area (Å²) in [5.41, 5.74) is 0.0386. The van der Waals surface area contributed by atoms with E-state index in [9.17, 15) is 18.0 Å². The van der Waals surface area contributed by atoms with Crippen LogP contribution in [0.2, 0.25) is 0 Å². The Hall–Kier alpha value is -2.27. The first-order valence-corrected chi connectivity index (χ1v) is 12.3. The van der Waals surface area contributed by atoms with Crippen LogP contribution in [0.4, 0.5) is 5.69 Å². The second-order valence-corrected chi connectivity index (χ2v) is 10.9. The summed E-state index contributed by atoms with van der Waals surface area (Å²) in [6.07, 6.45) is 0. The van der Waals surface area contributed by atoms with E-state index in [0.717, 1.165) is 16.9 Å². The van der Waals surface area contributed by atoms with Gasteiger partial charge in [-0.15, -0.1) is 11.3 Å². The van der Waals surface area contributed by atoms with Gasteiger partial charge in [0.1, 0.15) is 9.75 Å². The maximum Gasteiger partial charge on any atom is 0.253 e. The van der Waals surface area contributed by atoms with Gasteiger partial charge in [0.2, 0.25) is 11.8 Å². The monoisotopic (exact) mass is 463 g/mol. The number of amides is 2. The predicted octanol–water partition coefficient (Wildman–Crippen LogP) is 1.65. The minimum Gasteiger partial charge on any atom is -0.383 e. The lowest BCUT2D eigenvalue weighted by Crippen LogP contribution is -2.62. The van der Waals surface area contributed by atoms with Crippen molar-refractivity contribution in [2.75, 3.05) is 38.8 Å². The molecule has 0 unspecified atom stereocenters. The molecule has 1 saturated heterocycles. The molecule has 2 aromatic rings. The molecule has 0 spiro atoms. The number of nitrogens with one attached hydrogen (secondary N) is 1. The normalized spacial score (nSPS) is 25.9. The second kappa shape index (κ2) is 8.01. The molecule has 8 nitrogen and oxygen atoms in total. The molecule has 1 N–H and O–H groups in total. The van der Waals surface area contributed by atoms with Crippen LogP contribution < -0.4 is 10.2 Å². The molecule has 0 radical (unpaired) electrons. The third kappa shape index (κ3) is 3.20. The average Bonchev–Trinajstić information content (AvgIpc) is 3.41. The molecule has 3 atom stereocenters. The molecule has 0 bridgehead atoms. The molecule has 2 aliphatic heterocycles. The number of thiophene rings is 1. The fraction of sp³-hybridized carbons (Fsp3) is 0.429. The first kappa shape index (κ1) is 21.9. The number of para-hydroxylation sites is 1. The quantitative estimate of drug-likeness (QED) is 0.703. The fourth-order valence-corrected chi connectivity index (χ4v) is 7.74. The lowest BCUT2D eigenvalue weighted by atomic mass is 9.72. The molecule has 4 rings (SSSR count). The largest absolute Gasteiger partial charge is 0.383 e. The zero-order valence-corrected chi connectivity index (χ0v) is 19.2. The third-order valence-corrected chi connectivity index (χ3v) is 9.61. The van der Waals surface area contributed by atoms with Crippen LogP contribution >= 0.6 is 11.3 Å². The highest BCUT2D eigenvalue weighted by Crippen LogP contribution is 2.54. The van der Waals surface area contributed by atoms with Gasteiger partial charge in [0, 0.05) is 38.9 Å². The molecule has 2 aliphatic rings. The van der Waals surface area contributed by atoms with Gasteiger partial charge < -0.3 is 15.0 Å². The van der Waals surface area contributed by atoms with Crippen molar-refractivity contribution < 1.29 is 22.7 Å². The Balaban J connectivity index is 1.93. The summed E-state index contributed by atoms with van der Waals surface area (Å²) in [6, 6.07) is 10.6. The molecule has 10 heteroatoms. The van der Waals surface area contributed by atoms with Crippen molar-refractivity contribution in [1.29, 1.82) is 0 Å². The van der Waals surface area contributed by atoms with Crippen LogP contribution in [-0.4, -0.2) is 63.9 Å². The first-order chi connectivity index (χ1) is 14.8. The van der Waals surface area contributed by atoms with Crippen LogP contribution in [0.5, 0.6) is 0 Å². The molecule has 0 aliphatic carbocycles. The van der Waals surface area contributed by atoms with Crippen molar-refractivity contribution in [3.05, 3.63) is 47.3 Å². The van der Waals surface area contributed by atoms with Crippen LogP contribution in [0, 0.1) is 5.92 Å². The standard InChI is InChI=1S/C21H25N3O5S2/c1-21-18(14-7-4-5-8-16(14)23(20(21)26)10-11-29-3)15(19(25)22-2)13-24(21)31(27,28)17-9-6-12-30-17/h4-9,12,15,18H,10-11,13H2,1-3H3,(H,22,25)/t15-,18+,21-/m0/s1. The van der Waals surface area contributed by atoms with E-state index in [1.165, 1.54) is 17.4 Å². The van der Waals surface area contributed by atoms with Crippen molar-refractivity contribution >= 4 is 38.9 Å². The zero-order valence-electron chi connectivity index (χ0n) is 17.6. The van der Waals surface area contributed by atoms with Gasteiger partial charge >= 0.3 is 0 Å². The number of methoxy groups -OCH3 is 1. The SMILES string of the molecule is CNC(=O)[C@H]1CN(S(=O)(=O)c2cccs2)[C@]2(C)C(=O)N(CCOC)c3ccccc3[C@H]12.